The lowest BCUT2D eigenvalue weighted by Gasteiger charge is -2.32. The van der Waals surface area contributed by atoms with Crippen LogP contribution in [-0.2, 0) is 4.79 Å². The Balaban J connectivity index is 1.21. The largest absolute Gasteiger partial charge is 0.367 e. The molecule has 31 heavy (non-hydrogen) atoms. The van der Waals surface area contributed by atoms with Crippen molar-refractivity contribution < 1.29 is 9.59 Å². The van der Waals surface area contributed by atoms with Gasteiger partial charge in [-0.1, -0.05) is 12.1 Å². The van der Waals surface area contributed by atoms with Gasteiger partial charge in [-0.3, -0.25) is 9.59 Å². The van der Waals surface area contributed by atoms with Gasteiger partial charge in [0, 0.05) is 36.9 Å². The zero-order chi connectivity index (χ0) is 21.4. The van der Waals surface area contributed by atoms with Crippen LogP contribution in [0.1, 0.15) is 60.4 Å². The normalized spacial score (nSPS) is 19.2. The SMILES string of the molecule is NC(=O)c1cnc(Nc2ccc(C3CCN(C(=O)C4CC4)CC3)cc2)nc1NC1CC1. The molecule has 162 valence electrons. The summed E-state index contributed by atoms with van der Waals surface area (Å²) in [6.45, 7) is 1.72. The van der Waals surface area contributed by atoms with Crippen molar-refractivity contribution in [3.63, 3.8) is 0 Å². The second-order valence-corrected chi connectivity index (χ2v) is 8.86. The molecule has 0 radical (unpaired) electrons. The van der Waals surface area contributed by atoms with Crippen molar-refractivity contribution >= 4 is 29.3 Å². The number of amides is 2. The molecule has 0 atom stereocenters. The number of hydrogen-bond acceptors (Lipinski definition) is 6. The number of likely N-dealkylation sites (tertiary alicyclic amines) is 1. The number of nitrogens with one attached hydrogen (secondary N) is 2. The average molecular weight is 421 g/mol. The molecular weight excluding hydrogens is 392 g/mol. The summed E-state index contributed by atoms with van der Waals surface area (Å²) in [6.07, 6.45) is 7.77. The van der Waals surface area contributed by atoms with Crippen LogP contribution >= 0.6 is 0 Å². The second kappa shape index (κ2) is 8.17. The Labute approximate surface area is 181 Å². The minimum atomic E-state index is -0.538. The van der Waals surface area contributed by atoms with E-state index in [1.54, 1.807) is 0 Å². The Kier molecular flexibility index (Phi) is 5.21. The maximum Gasteiger partial charge on any atom is 0.254 e. The smallest absolute Gasteiger partial charge is 0.254 e. The molecule has 8 nitrogen and oxygen atoms in total. The molecule has 1 aliphatic heterocycles. The third-order valence-corrected chi connectivity index (χ3v) is 6.34. The summed E-state index contributed by atoms with van der Waals surface area (Å²) in [7, 11) is 0. The molecular formula is C23H28N6O2. The Hall–Kier alpha value is -3.16. The van der Waals surface area contributed by atoms with Crippen LogP contribution in [0.4, 0.5) is 17.5 Å². The van der Waals surface area contributed by atoms with Crippen LogP contribution in [0.5, 0.6) is 0 Å². The van der Waals surface area contributed by atoms with Gasteiger partial charge in [-0.15, -0.1) is 0 Å². The van der Waals surface area contributed by atoms with E-state index in [0.717, 1.165) is 57.3 Å². The predicted molar refractivity (Wildman–Crippen MR) is 118 cm³/mol. The molecule has 0 unspecified atom stereocenters. The quantitative estimate of drug-likeness (QED) is 0.635. The van der Waals surface area contributed by atoms with Crippen LogP contribution in [0.3, 0.4) is 0 Å². The first-order valence-electron chi connectivity index (χ1n) is 11.2. The predicted octanol–water partition coefficient (Wildman–Crippen LogP) is 3.01. The van der Waals surface area contributed by atoms with Gasteiger partial charge in [0.15, 0.2) is 0 Å². The molecule has 1 aromatic heterocycles. The molecule has 2 heterocycles. The highest BCUT2D eigenvalue weighted by Gasteiger charge is 2.35. The number of hydrogen-bond donors (Lipinski definition) is 3. The maximum absolute atomic E-state index is 12.2. The van der Waals surface area contributed by atoms with E-state index in [-0.39, 0.29) is 0 Å². The standard InChI is InChI=1S/C23H28N6O2/c24-20(30)19-13-25-23(28-21(19)26-17-7-8-17)27-18-5-3-14(4-6-18)15-9-11-29(12-10-15)22(31)16-1-2-16/h3-6,13,15-17H,1-2,7-12H2,(H2,24,30)(H2,25,26,27,28). The number of nitrogens with zero attached hydrogens (tertiary/aromatic N) is 3. The molecule has 1 saturated heterocycles. The van der Waals surface area contributed by atoms with E-state index in [1.165, 1.54) is 11.8 Å². The molecule has 2 aliphatic carbocycles. The van der Waals surface area contributed by atoms with Gasteiger partial charge < -0.3 is 21.3 Å². The van der Waals surface area contributed by atoms with Gasteiger partial charge in [-0.25, -0.2) is 4.98 Å². The first kappa shape index (κ1) is 19.8. The first-order chi connectivity index (χ1) is 15.1. The minimum Gasteiger partial charge on any atom is -0.367 e. The molecule has 2 saturated carbocycles. The zero-order valence-electron chi connectivity index (χ0n) is 17.5. The number of piperidine rings is 1. The third-order valence-electron chi connectivity index (χ3n) is 6.34. The molecule has 5 rings (SSSR count). The summed E-state index contributed by atoms with van der Waals surface area (Å²) in [5, 5.41) is 6.45. The number of primary amides is 1. The lowest BCUT2D eigenvalue weighted by atomic mass is 9.89. The molecule has 2 aromatic rings. The Morgan fingerprint density at radius 2 is 1.71 bits per heavy atom. The van der Waals surface area contributed by atoms with Gasteiger partial charge in [-0.2, -0.15) is 4.98 Å². The third kappa shape index (κ3) is 4.62. The minimum absolute atomic E-state index is 0.305. The fourth-order valence-corrected chi connectivity index (χ4v) is 4.14. The van der Waals surface area contributed by atoms with Crippen LogP contribution in [0.25, 0.3) is 0 Å². The first-order valence-corrected chi connectivity index (χ1v) is 11.2. The Morgan fingerprint density at radius 3 is 2.32 bits per heavy atom. The van der Waals surface area contributed by atoms with Crippen molar-refractivity contribution in [2.24, 2.45) is 11.7 Å². The lowest BCUT2D eigenvalue weighted by Crippen LogP contribution is -2.38. The monoisotopic (exact) mass is 420 g/mol. The molecule has 3 fully saturated rings. The summed E-state index contributed by atoms with van der Waals surface area (Å²) in [6, 6.07) is 8.66. The molecule has 3 aliphatic rings. The molecule has 8 heteroatoms. The number of carbonyl (C=O) groups is 2. The highest BCUT2D eigenvalue weighted by Crippen LogP contribution is 2.35. The van der Waals surface area contributed by atoms with Crippen molar-refractivity contribution in [1.82, 2.24) is 14.9 Å². The molecule has 2 amide bonds. The summed E-state index contributed by atoms with van der Waals surface area (Å²) in [5.74, 6) is 1.52. The van der Waals surface area contributed by atoms with Gasteiger partial charge in [0.05, 0.1) is 5.56 Å². The lowest BCUT2D eigenvalue weighted by molar-refractivity contribution is -0.133. The molecule has 0 bridgehead atoms. The number of benzene rings is 1. The number of carbonyl (C=O) groups excluding carboxylic acids is 2. The van der Waals surface area contributed by atoms with Crippen LogP contribution in [0, 0.1) is 5.92 Å². The van der Waals surface area contributed by atoms with Gasteiger partial charge in [0.1, 0.15) is 5.82 Å². The number of rotatable bonds is 7. The average Bonchev–Trinajstić information content (AvgIpc) is 3.69. The van der Waals surface area contributed by atoms with Gasteiger partial charge in [-0.05, 0) is 62.1 Å². The van der Waals surface area contributed by atoms with Crippen molar-refractivity contribution in [3.8, 4) is 0 Å². The topological polar surface area (TPSA) is 113 Å². The fourth-order valence-electron chi connectivity index (χ4n) is 4.14. The maximum atomic E-state index is 12.2. The number of anilines is 3. The van der Waals surface area contributed by atoms with Gasteiger partial charge >= 0.3 is 0 Å². The second-order valence-electron chi connectivity index (χ2n) is 8.86. The van der Waals surface area contributed by atoms with Crippen molar-refractivity contribution in [2.75, 3.05) is 23.7 Å². The summed E-state index contributed by atoms with van der Waals surface area (Å²) >= 11 is 0. The molecule has 0 spiro atoms. The fraction of sp³-hybridized carbons (Fsp3) is 0.478. The molecule has 1 aromatic carbocycles. The van der Waals surface area contributed by atoms with E-state index in [0.29, 0.717) is 41.1 Å². The van der Waals surface area contributed by atoms with E-state index in [9.17, 15) is 9.59 Å². The van der Waals surface area contributed by atoms with Crippen LogP contribution in [-0.4, -0.2) is 45.8 Å². The van der Waals surface area contributed by atoms with Crippen molar-refractivity contribution in [1.29, 1.82) is 0 Å². The molecule has 4 N–H and O–H groups in total. The van der Waals surface area contributed by atoms with Gasteiger partial charge in [0.25, 0.3) is 5.91 Å². The summed E-state index contributed by atoms with van der Waals surface area (Å²) in [5.41, 5.74) is 7.93. The van der Waals surface area contributed by atoms with Crippen molar-refractivity contribution in [3.05, 3.63) is 41.6 Å². The van der Waals surface area contributed by atoms with Gasteiger partial charge in [0.2, 0.25) is 11.9 Å². The van der Waals surface area contributed by atoms with E-state index < -0.39 is 5.91 Å². The van der Waals surface area contributed by atoms with Crippen LogP contribution < -0.4 is 16.4 Å². The highest BCUT2D eigenvalue weighted by molar-refractivity contribution is 5.97. The van der Waals surface area contributed by atoms with Crippen LogP contribution in [0.2, 0.25) is 0 Å². The summed E-state index contributed by atoms with van der Waals surface area (Å²) < 4.78 is 0. The van der Waals surface area contributed by atoms with Crippen molar-refractivity contribution in [2.45, 2.75) is 50.5 Å². The van der Waals surface area contributed by atoms with Crippen LogP contribution in [0.15, 0.2) is 30.5 Å². The number of aromatic nitrogens is 2. The zero-order valence-corrected chi connectivity index (χ0v) is 17.5. The highest BCUT2D eigenvalue weighted by atomic mass is 16.2. The Morgan fingerprint density at radius 1 is 1.00 bits per heavy atom. The van der Waals surface area contributed by atoms with E-state index in [1.807, 2.05) is 17.0 Å². The Bertz CT molecular complexity index is 976. The summed E-state index contributed by atoms with van der Waals surface area (Å²) in [4.78, 5) is 34.6. The van der Waals surface area contributed by atoms with E-state index in [4.69, 9.17) is 5.73 Å². The van der Waals surface area contributed by atoms with E-state index >= 15 is 0 Å². The number of nitrogens with two attached hydrogens (primary N) is 1. The van der Waals surface area contributed by atoms with E-state index in [2.05, 4.69) is 32.7 Å².